The Kier molecular flexibility index (Phi) is 4.70. The quantitative estimate of drug-likeness (QED) is 0.766. The molecular weight excluding hydrogens is 252 g/mol. The molecule has 1 heterocycles. The molecule has 0 fully saturated rings. The smallest absolute Gasteiger partial charge is 0.0669 e. The van der Waals surface area contributed by atoms with E-state index in [9.17, 15) is 0 Å². The standard InChI is InChI=1S/C16H22N2S/c1-5-13(3)19-15-8-6-14(7-9-15)16-11-18(4)12(2)10-17-16/h6-10,13H,5,11H2,1-4H3. The molecule has 0 amide bonds. The van der Waals surface area contributed by atoms with E-state index >= 15 is 0 Å². The number of benzene rings is 1. The van der Waals surface area contributed by atoms with Crippen molar-refractivity contribution in [1.82, 2.24) is 4.90 Å². The number of thioether (sulfide) groups is 1. The van der Waals surface area contributed by atoms with Gasteiger partial charge in [-0.3, -0.25) is 4.99 Å². The van der Waals surface area contributed by atoms with Crippen molar-refractivity contribution in [3.8, 4) is 0 Å². The van der Waals surface area contributed by atoms with Crippen molar-refractivity contribution in [3.63, 3.8) is 0 Å². The highest BCUT2D eigenvalue weighted by Crippen LogP contribution is 2.25. The van der Waals surface area contributed by atoms with Gasteiger partial charge in [-0.05, 0) is 31.0 Å². The van der Waals surface area contributed by atoms with E-state index in [1.165, 1.54) is 22.6 Å². The molecule has 1 aromatic rings. The van der Waals surface area contributed by atoms with Crippen LogP contribution in [0.4, 0.5) is 0 Å². The first-order chi connectivity index (χ1) is 9.10. The zero-order chi connectivity index (χ0) is 13.8. The van der Waals surface area contributed by atoms with E-state index in [0.717, 1.165) is 12.3 Å². The normalized spacial score (nSPS) is 16.9. The van der Waals surface area contributed by atoms with E-state index in [1.807, 2.05) is 18.0 Å². The molecule has 0 saturated heterocycles. The van der Waals surface area contributed by atoms with Crippen LogP contribution in [0.2, 0.25) is 0 Å². The highest BCUT2D eigenvalue weighted by molar-refractivity contribution is 7.99. The van der Waals surface area contributed by atoms with E-state index in [1.54, 1.807) is 0 Å². The first kappa shape index (κ1) is 14.2. The molecule has 19 heavy (non-hydrogen) atoms. The molecule has 0 saturated carbocycles. The van der Waals surface area contributed by atoms with Gasteiger partial charge in [-0.15, -0.1) is 11.8 Å². The van der Waals surface area contributed by atoms with Gasteiger partial charge in [-0.2, -0.15) is 0 Å². The summed E-state index contributed by atoms with van der Waals surface area (Å²) in [6.45, 7) is 7.48. The number of hydrogen-bond donors (Lipinski definition) is 0. The van der Waals surface area contributed by atoms with E-state index in [0.29, 0.717) is 5.25 Å². The maximum atomic E-state index is 4.54. The monoisotopic (exact) mass is 274 g/mol. The van der Waals surface area contributed by atoms with Crippen molar-refractivity contribution in [2.24, 2.45) is 4.99 Å². The summed E-state index contributed by atoms with van der Waals surface area (Å²) in [6, 6.07) is 8.79. The topological polar surface area (TPSA) is 15.6 Å². The van der Waals surface area contributed by atoms with Crippen molar-refractivity contribution in [2.75, 3.05) is 13.6 Å². The lowest BCUT2D eigenvalue weighted by Gasteiger charge is -2.24. The lowest BCUT2D eigenvalue weighted by atomic mass is 10.1. The van der Waals surface area contributed by atoms with Gasteiger partial charge in [0.1, 0.15) is 0 Å². The average Bonchev–Trinajstić information content (AvgIpc) is 2.42. The summed E-state index contributed by atoms with van der Waals surface area (Å²) in [5.74, 6) is 0. The Balaban J connectivity index is 2.11. The van der Waals surface area contributed by atoms with Gasteiger partial charge in [-0.25, -0.2) is 0 Å². The van der Waals surface area contributed by atoms with Crippen molar-refractivity contribution >= 4 is 17.5 Å². The SMILES string of the molecule is CCC(C)Sc1ccc(C2=NC=C(C)N(C)C2)cc1. The fourth-order valence-corrected chi connectivity index (χ4v) is 2.79. The van der Waals surface area contributed by atoms with Gasteiger partial charge in [0.05, 0.1) is 12.3 Å². The highest BCUT2D eigenvalue weighted by Gasteiger charge is 2.11. The zero-order valence-electron chi connectivity index (χ0n) is 12.2. The Morgan fingerprint density at radius 1 is 1.32 bits per heavy atom. The molecule has 102 valence electrons. The van der Waals surface area contributed by atoms with Gasteiger partial charge < -0.3 is 4.90 Å². The van der Waals surface area contributed by atoms with Crippen LogP contribution >= 0.6 is 11.8 Å². The minimum Gasteiger partial charge on any atom is -0.371 e. The molecule has 0 spiro atoms. The van der Waals surface area contributed by atoms with E-state index in [4.69, 9.17) is 0 Å². The maximum Gasteiger partial charge on any atom is 0.0669 e. The van der Waals surface area contributed by atoms with Crippen molar-refractivity contribution in [3.05, 3.63) is 41.7 Å². The summed E-state index contributed by atoms with van der Waals surface area (Å²) in [7, 11) is 2.10. The van der Waals surface area contributed by atoms with Crippen LogP contribution in [0.25, 0.3) is 0 Å². The van der Waals surface area contributed by atoms with Crippen LogP contribution in [0.5, 0.6) is 0 Å². The third kappa shape index (κ3) is 3.63. The van der Waals surface area contributed by atoms with E-state index < -0.39 is 0 Å². The fourth-order valence-electron chi connectivity index (χ4n) is 1.87. The second-order valence-electron chi connectivity index (χ2n) is 5.06. The number of nitrogens with zero attached hydrogens (tertiary/aromatic N) is 2. The number of rotatable bonds is 4. The lowest BCUT2D eigenvalue weighted by Crippen LogP contribution is -2.27. The molecule has 1 aromatic carbocycles. The number of hydrogen-bond acceptors (Lipinski definition) is 3. The van der Waals surface area contributed by atoms with Gasteiger partial charge in [-0.1, -0.05) is 26.0 Å². The Bertz CT molecular complexity index is 488. The number of allylic oxidation sites excluding steroid dienone is 1. The van der Waals surface area contributed by atoms with Gasteiger partial charge in [0, 0.05) is 29.1 Å². The molecule has 2 rings (SSSR count). The van der Waals surface area contributed by atoms with Crippen LogP contribution < -0.4 is 0 Å². The van der Waals surface area contributed by atoms with Crippen LogP contribution in [0.15, 0.2) is 46.1 Å². The number of aliphatic imine (C=N–C) groups is 1. The second-order valence-corrected chi connectivity index (χ2v) is 6.58. The second kappa shape index (κ2) is 6.29. The molecule has 1 aliphatic heterocycles. The van der Waals surface area contributed by atoms with Gasteiger partial charge in [0.15, 0.2) is 0 Å². The largest absolute Gasteiger partial charge is 0.371 e. The van der Waals surface area contributed by atoms with Gasteiger partial charge in [0.2, 0.25) is 0 Å². The molecule has 0 radical (unpaired) electrons. The third-order valence-corrected chi connectivity index (χ3v) is 4.78. The van der Waals surface area contributed by atoms with E-state index in [2.05, 4.69) is 62.0 Å². The summed E-state index contributed by atoms with van der Waals surface area (Å²) in [4.78, 5) is 8.11. The van der Waals surface area contributed by atoms with Crippen molar-refractivity contribution in [1.29, 1.82) is 0 Å². The van der Waals surface area contributed by atoms with Gasteiger partial charge in [0.25, 0.3) is 0 Å². The molecule has 0 aliphatic carbocycles. The zero-order valence-corrected chi connectivity index (χ0v) is 13.0. The average molecular weight is 274 g/mol. The number of likely N-dealkylation sites (N-methyl/N-ethyl adjacent to an activating group) is 1. The Hall–Kier alpha value is -1.22. The van der Waals surface area contributed by atoms with Crippen molar-refractivity contribution in [2.45, 2.75) is 37.3 Å². The maximum absolute atomic E-state index is 4.54. The Morgan fingerprint density at radius 3 is 2.58 bits per heavy atom. The van der Waals surface area contributed by atoms with Crippen LogP contribution in [-0.2, 0) is 0 Å². The van der Waals surface area contributed by atoms with Crippen molar-refractivity contribution < 1.29 is 0 Å². The Labute approximate surface area is 120 Å². The summed E-state index contributed by atoms with van der Waals surface area (Å²) in [5.41, 5.74) is 3.59. The molecule has 0 bridgehead atoms. The summed E-state index contributed by atoms with van der Waals surface area (Å²) in [6.07, 6.45) is 3.15. The molecular formula is C16H22N2S. The Morgan fingerprint density at radius 2 is 2.00 bits per heavy atom. The molecule has 1 atom stereocenters. The van der Waals surface area contributed by atoms with Crippen LogP contribution in [0.3, 0.4) is 0 Å². The molecule has 1 aliphatic rings. The third-order valence-electron chi connectivity index (χ3n) is 3.50. The lowest BCUT2D eigenvalue weighted by molar-refractivity contribution is 0.471. The minimum absolute atomic E-state index is 0.676. The fraction of sp³-hybridized carbons (Fsp3) is 0.438. The van der Waals surface area contributed by atoms with Gasteiger partial charge >= 0.3 is 0 Å². The van der Waals surface area contributed by atoms with E-state index in [-0.39, 0.29) is 0 Å². The summed E-state index contributed by atoms with van der Waals surface area (Å²) in [5, 5.41) is 0.676. The first-order valence-corrected chi connectivity index (χ1v) is 7.69. The molecule has 2 nitrogen and oxygen atoms in total. The molecule has 3 heteroatoms. The van der Waals surface area contributed by atoms with Crippen LogP contribution in [0, 0.1) is 0 Å². The predicted molar refractivity (Wildman–Crippen MR) is 85.0 cm³/mol. The predicted octanol–water partition coefficient (Wildman–Crippen LogP) is 4.17. The minimum atomic E-state index is 0.676. The summed E-state index contributed by atoms with van der Waals surface area (Å²) < 4.78 is 0. The summed E-state index contributed by atoms with van der Waals surface area (Å²) >= 11 is 1.94. The highest BCUT2D eigenvalue weighted by atomic mass is 32.2. The first-order valence-electron chi connectivity index (χ1n) is 6.81. The molecule has 0 aromatic heterocycles. The van der Waals surface area contributed by atoms with Crippen LogP contribution in [-0.4, -0.2) is 29.5 Å². The molecule has 1 unspecified atom stereocenters. The van der Waals surface area contributed by atoms with Crippen LogP contribution in [0.1, 0.15) is 32.8 Å². The molecule has 0 N–H and O–H groups in total.